The van der Waals surface area contributed by atoms with Gasteiger partial charge in [0.15, 0.2) is 0 Å². The molecule has 5 nitrogen and oxygen atoms in total. The molecule has 0 unspecified atom stereocenters. The lowest BCUT2D eigenvalue weighted by molar-refractivity contribution is -0.127. The maximum Gasteiger partial charge on any atom is 0.223 e. The molecule has 1 heterocycles. The number of carbonyl (C=O) groups is 3. The van der Waals surface area contributed by atoms with Gasteiger partial charge in [0.2, 0.25) is 17.5 Å². The van der Waals surface area contributed by atoms with Gasteiger partial charge >= 0.3 is 0 Å². The van der Waals surface area contributed by atoms with Crippen molar-refractivity contribution in [3.63, 3.8) is 0 Å². The lowest BCUT2D eigenvalue weighted by Crippen LogP contribution is -2.44. The number of ketones is 2. The quantitative estimate of drug-likeness (QED) is 0.865. The normalized spacial score (nSPS) is 21.6. The fourth-order valence-corrected chi connectivity index (χ4v) is 4.68. The first-order chi connectivity index (χ1) is 13.1. The SMILES string of the molecule is O=C1C(Cl)=C(N2CCC(C(=O)NC3CCCC3)CC2)C(=O)c2ccccc21. The van der Waals surface area contributed by atoms with E-state index in [0.29, 0.717) is 43.1 Å². The summed E-state index contributed by atoms with van der Waals surface area (Å²) in [4.78, 5) is 39.8. The Morgan fingerprint density at radius 2 is 1.56 bits per heavy atom. The van der Waals surface area contributed by atoms with Crippen LogP contribution in [0.2, 0.25) is 0 Å². The average Bonchev–Trinajstić information content (AvgIpc) is 3.20. The second-order valence-electron chi connectivity index (χ2n) is 7.62. The number of likely N-dealkylation sites (tertiary alicyclic amines) is 1. The molecule has 0 aromatic heterocycles. The second kappa shape index (κ2) is 7.47. The zero-order chi connectivity index (χ0) is 19.0. The number of rotatable bonds is 3. The number of nitrogens with zero attached hydrogens (tertiary/aromatic N) is 1. The van der Waals surface area contributed by atoms with Crippen LogP contribution in [0.4, 0.5) is 0 Å². The van der Waals surface area contributed by atoms with Crippen LogP contribution in [0, 0.1) is 5.92 Å². The summed E-state index contributed by atoms with van der Waals surface area (Å²) in [5.74, 6) is -0.423. The monoisotopic (exact) mass is 386 g/mol. The number of benzene rings is 1. The summed E-state index contributed by atoms with van der Waals surface area (Å²) in [5.41, 5.74) is 1.06. The minimum atomic E-state index is -0.303. The summed E-state index contributed by atoms with van der Waals surface area (Å²) in [7, 11) is 0. The zero-order valence-electron chi connectivity index (χ0n) is 15.2. The first-order valence-corrected chi connectivity index (χ1v) is 10.1. The number of hydrogen-bond donors (Lipinski definition) is 1. The van der Waals surface area contributed by atoms with E-state index in [0.717, 1.165) is 12.8 Å². The van der Waals surface area contributed by atoms with E-state index in [-0.39, 0.29) is 34.1 Å². The Bertz CT molecular complexity index is 818. The summed E-state index contributed by atoms with van der Waals surface area (Å²) in [6, 6.07) is 7.10. The molecule has 0 radical (unpaired) electrons. The molecule has 0 atom stereocenters. The van der Waals surface area contributed by atoms with Gasteiger partial charge in [0.1, 0.15) is 10.7 Å². The summed E-state index contributed by atoms with van der Waals surface area (Å²) in [6.45, 7) is 1.10. The molecule has 142 valence electrons. The lowest BCUT2D eigenvalue weighted by Gasteiger charge is -2.36. The highest BCUT2D eigenvalue weighted by Crippen LogP contribution is 2.33. The van der Waals surface area contributed by atoms with Crippen molar-refractivity contribution >= 4 is 29.1 Å². The van der Waals surface area contributed by atoms with Crippen molar-refractivity contribution in [2.75, 3.05) is 13.1 Å². The molecular weight excluding hydrogens is 364 g/mol. The van der Waals surface area contributed by atoms with Gasteiger partial charge in [0.05, 0.1) is 0 Å². The summed E-state index contributed by atoms with van der Waals surface area (Å²) in [6.07, 6.45) is 5.85. The van der Waals surface area contributed by atoms with E-state index in [4.69, 9.17) is 11.6 Å². The van der Waals surface area contributed by atoms with Crippen LogP contribution in [0.25, 0.3) is 0 Å². The molecule has 4 rings (SSSR count). The Morgan fingerprint density at radius 1 is 0.963 bits per heavy atom. The predicted octanol–water partition coefficient (Wildman–Crippen LogP) is 3.29. The van der Waals surface area contributed by atoms with E-state index in [1.54, 1.807) is 24.3 Å². The van der Waals surface area contributed by atoms with Crippen LogP contribution in [-0.4, -0.2) is 41.5 Å². The Labute approximate surface area is 163 Å². The van der Waals surface area contributed by atoms with Gasteiger partial charge in [-0.1, -0.05) is 48.7 Å². The lowest BCUT2D eigenvalue weighted by atomic mass is 9.89. The molecule has 1 N–H and O–H groups in total. The Kier molecular flexibility index (Phi) is 5.04. The molecule has 1 amide bonds. The molecule has 0 spiro atoms. The van der Waals surface area contributed by atoms with Gasteiger partial charge in [-0.3, -0.25) is 14.4 Å². The van der Waals surface area contributed by atoms with Crippen molar-refractivity contribution in [1.29, 1.82) is 0 Å². The van der Waals surface area contributed by atoms with Crippen molar-refractivity contribution in [2.24, 2.45) is 5.92 Å². The van der Waals surface area contributed by atoms with Gasteiger partial charge in [-0.2, -0.15) is 0 Å². The van der Waals surface area contributed by atoms with Crippen molar-refractivity contribution < 1.29 is 14.4 Å². The molecule has 2 aliphatic carbocycles. The third kappa shape index (κ3) is 3.41. The number of amides is 1. The van der Waals surface area contributed by atoms with Crippen LogP contribution < -0.4 is 5.32 Å². The summed E-state index contributed by atoms with van der Waals surface area (Å²) in [5, 5.41) is 3.16. The van der Waals surface area contributed by atoms with Gasteiger partial charge in [-0.25, -0.2) is 0 Å². The van der Waals surface area contributed by atoms with Crippen LogP contribution in [0.5, 0.6) is 0 Å². The van der Waals surface area contributed by atoms with E-state index >= 15 is 0 Å². The standard InChI is InChI=1S/C21H23ClN2O3/c22-17-18(20(26)16-8-4-3-7-15(16)19(17)25)24-11-9-13(10-12-24)21(27)23-14-5-1-2-6-14/h3-4,7-8,13-14H,1-2,5-6,9-12H2,(H,23,27). The fraction of sp³-hybridized carbons (Fsp3) is 0.476. The molecule has 1 saturated heterocycles. The van der Waals surface area contributed by atoms with Crippen LogP contribution in [-0.2, 0) is 4.79 Å². The maximum absolute atomic E-state index is 12.9. The number of hydrogen-bond acceptors (Lipinski definition) is 4. The number of fused-ring (bicyclic) bond motifs is 1. The van der Waals surface area contributed by atoms with Gasteiger partial charge in [-0.15, -0.1) is 0 Å². The predicted molar refractivity (Wildman–Crippen MR) is 103 cm³/mol. The van der Waals surface area contributed by atoms with Gasteiger partial charge in [-0.05, 0) is 25.7 Å². The van der Waals surface area contributed by atoms with E-state index in [1.165, 1.54) is 12.8 Å². The molecule has 1 aliphatic heterocycles. The highest BCUT2D eigenvalue weighted by molar-refractivity contribution is 6.49. The van der Waals surface area contributed by atoms with E-state index in [9.17, 15) is 14.4 Å². The van der Waals surface area contributed by atoms with Crippen LogP contribution >= 0.6 is 11.6 Å². The van der Waals surface area contributed by atoms with E-state index < -0.39 is 0 Å². The third-order valence-electron chi connectivity index (χ3n) is 5.92. The minimum Gasteiger partial charge on any atom is -0.367 e. The molecule has 2 fully saturated rings. The first-order valence-electron chi connectivity index (χ1n) is 9.70. The Morgan fingerprint density at radius 3 is 2.19 bits per heavy atom. The number of halogens is 1. The smallest absolute Gasteiger partial charge is 0.223 e. The molecule has 3 aliphatic rings. The van der Waals surface area contributed by atoms with Crippen LogP contribution in [0.1, 0.15) is 59.2 Å². The molecule has 0 bridgehead atoms. The highest BCUT2D eigenvalue weighted by atomic mass is 35.5. The van der Waals surface area contributed by atoms with Crippen LogP contribution in [0.15, 0.2) is 35.0 Å². The van der Waals surface area contributed by atoms with Gasteiger partial charge < -0.3 is 10.2 Å². The second-order valence-corrected chi connectivity index (χ2v) is 8.00. The molecule has 1 aromatic rings. The minimum absolute atomic E-state index is 0.00689. The van der Waals surface area contributed by atoms with Crippen molar-refractivity contribution in [1.82, 2.24) is 10.2 Å². The topological polar surface area (TPSA) is 66.5 Å². The highest BCUT2D eigenvalue weighted by Gasteiger charge is 2.36. The molecule has 1 aromatic carbocycles. The van der Waals surface area contributed by atoms with Crippen molar-refractivity contribution in [2.45, 2.75) is 44.6 Å². The summed E-state index contributed by atoms with van der Waals surface area (Å²) >= 11 is 6.29. The number of piperidine rings is 1. The average molecular weight is 387 g/mol. The zero-order valence-corrected chi connectivity index (χ0v) is 15.9. The Hall–Kier alpha value is -2.14. The van der Waals surface area contributed by atoms with Gasteiger partial charge in [0.25, 0.3) is 0 Å². The molecule has 6 heteroatoms. The van der Waals surface area contributed by atoms with Crippen LogP contribution in [0.3, 0.4) is 0 Å². The van der Waals surface area contributed by atoms with Crippen molar-refractivity contribution in [3.8, 4) is 0 Å². The number of nitrogens with one attached hydrogen (secondary N) is 1. The third-order valence-corrected chi connectivity index (χ3v) is 6.27. The van der Waals surface area contributed by atoms with Crippen molar-refractivity contribution in [3.05, 3.63) is 46.1 Å². The maximum atomic E-state index is 12.9. The Balaban J connectivity index is 1.45. The first kappa shape index (κ1) is 18.2. The number of allylic oxidation sites excluding steroid dienone is 2. The molecular formula is C21H23ClN2O3. The summed E-state index contributed by atoms with van der Waals surface area (Å²) < 4.78 is 0. The molecule has 1 saturated carbocycles. The number of carbonyl (C=O) groups excluding carboxylic acids is 3. The largest absolute Gasteiger partial charge is 0.367 e. The number of Topliss-reactive ketones (excluding diaryl/α,β-unsaturated/α-hetero) is 2. The fourth-order valence-electron chi connectivity index (χ4n) is 4.37. The van der Waals surface area contributed by atoms with Gasteiger partial charge in [0, 0.05) is 36.2 Å². The molecule has 27 heavy (non-hydrogen) atoms. The van der Waals surface area contributed by atoms with E-state index in [2.05, 4.69) is 5.32 Å². The van der Waals surface area contributed by atoms with E-state index in [1.807, 2.05) is 4.90 Å².